The average Bonchev–Trinajstić information content (AvgIpc) is 2.42. The van der Waals surface area contributed by atoms with Crippen LogP contribution in [0.3, 0.4) is 0 Å². The number of carbonyl (C=O) groups is 1. The standard InChI is InChI=1S/C17H19NO2/c1-12-5-8-15(9-6-12)18-17(19)11-20-16-10-13(2)4-7-14(16)3/h4-10H,11H2,1-3H3,(H,18,19). The van der Waals surface area contributed by atoms with Crippen LogP contribution in [0.4, 0.5) is 5.69 Å². The molecule has 0 heterocycles. The summed E-state index contributed by atoms with van der Waals surface area (Å²) in [6.07, 6.45) is 0. The molecule has 3 heteroatoms. The topological polar surface area (TPSA) is 38.3 Å². The lowest BCUT2D eigenvalue weighted by atomic mass is 10.1. The zero-order chi connectivity index (χ0) is 14.5. The summed E-state index contributed by atoms with van der Waals surface area (Å²) in [5.74, 6) is 0.596. The molecule has 0 aliphatic heterocycles. The molecule has 0 bridgehead atoms. The number of rotatable bonds is 4. The van der Waals surface area contributed by atoms with Gasteiger partial charge in [-0.05, 0) is 50.1 Å². The smallest absolute Gasteiger partial charge is 0.262 e. The molecule has 20 heavy (non-hydrogen) atoms. The first kappa shape index (κ1) is 14.1. The average molecular weight is 269 g/mol. The second-order valence-electron chi connectivity index (χ2n) is 4.97. The molecule has 2 aromatic rings. The largest absolute Gasteiger partial charge is 0.483 e. The molecule has 2 rings (SSSR count). The number of ether oxygens (including phenoxy) is 1. The molecule has 0 saturated heterocycles. The van der Waals surface area contributed by atoms with Gasteiger partial charge in [-0.15, -0.1) is 0 Å². The number of hydrogen-bond acceptors (Lipinski definition) is 2. The van der Waals surface area contributed by atoms with Crippen molar-refractivity contribution in [3.8, 4) is 5.75 Å². The van der Waals surface area contributed by atoms with Crippen LogP contribution in [-0.4, -0.2) is 12.5 Å². The molecular weight excluding hydrogens is 250 g/mol. The van der Waals surface area contributed by atoms with Crippen LogP contribution in [0.25, 0.3) is 0 Å². The van der Waals surface area contributed by atoms with Gasteiger partial charge in [-0.2, -0.15) is 0 Å². The minimum absolute atomic E-state index is 0.0121. The second kappa shape index (κ2) is 6.24. The van der Waals surface area contributed by atoms with E-state index in [1.807, 2.05) is 63.2 Å². The lowest BCUT2D eigenvalue weighted by Crippen LogP contribution is -2.20. The Hall–Kier alpha value is -2.29. The quantitative estimate of drug-likeness (QED) is 0.920. The van der Waals surface area contributed by atoms with E-state index in [-0.39, 0.29) is 12.5 Å². The maximum atomic E-state index is 11.8. The molecular formula is C17H19NO2. The molecule has 2 aromatic carbocycles. The number of nitrogens with one attached hydrogen (secondary N) is 1. The molecule has 0 radical (unpaired) electrons. The Morgan fingerprint density at radius 3 is 2.35 bits per heavy atom. The van der Waals surface area contributed by atoms with E-state index in [2.05, 4.69) is 5.32 Å². The van der Waals surface area contributed by atoms with E-state index >= 15 is 0 Å². The van der Waals surface area contributed by atoms with E-state index in [1.165, 1.54) is 0 Å². The highest BCUT2D eigenvalue weighted by Crippen LogP contribution is 2.19. The van der Waals surface area contributed by atoms with Crippen LogP contribution in [0.2, 0.25) is 0 Å². The Kier molecular flexibility index (Phi) is 4.41. The molecule has 0 saturated carbocycles. The molecule has 0 aliphatic rings. The van der Waals surface area contributed by atoms with Crippen molar-refractivity contribution < 1.29 is 9.53 Å². The van der Waals surface area contributed by atoms with Gasteiger partial charge in [0.15, 0.2) is 6.61 Å². The lowest BCUT2D eigenvalue weighted by molar-refractivity contribution is -0.118. The van der Waals surface area contributed by atoms with Gasteiger partial charge in [0, 0.05) is 5.69 Å². The molecule has 0 unspecified atom stereocenters. The molecule has 0 atom stereocenters. The fraction of sp³-hybridized carbons (Fsp3) is 0.235. The Balaban J connectivity index is 1.92. The predicted octanol–water partition coefficient (Wildman–Crippen LogP) is 3.63. The molecule has 0 spiro atoms. The van der Waals surface area contributed by atoms with Crippen LogP contribution in [0.15, 0.2) is 42.5 Å². The molecule has 0 aromatic heterocycles. The van der Waals surface area contributed by atoms with E-state index in [0.717, 1.165) is 28.1 Å². The zero-order valence-electron chi connectivity index (χ0n) is 12.1. The van der Waals surface area contributed by atoms with Crippen molar-refractivity contribution in [2.75, 3.05) is 11.9 Å². The summed E-state index contributed by atoms with van der Waals surface area (Å²) in [4.78, 5) is 11.8. The zero-order valence-corrected chi connectivity index (χ0v) is 12.1. The number of carbonyl (C=O) groups excluding carboxylic acids is 1. The molecule has 3 nitrogen and oxygen atoms in total. The van der Waals surface area contributed by atoms with Crippen LogP contribution < -0.4 is 10.1 Å². The lowest BCUT2D eigenvalue weighted by Gasteiger charge is -2.10. The van der Waals surface area contributed by atoms with Gasteiger partial charge in [0.05, 0.1) is 0 Å². The van der Waals surface area contributed by atoms with Crippen LogP contribution in [0.5, 0.6) is 5.75 Å². The SMILES string of the molecule is Cc1ccc(NC(=O)COc2cc(C)ccc2C)cc1. The summed E-state index contributed by atoms with van der Waals surface area (Å²) >= 11 is 0. The van der Waals surface area contributed by atoms with Crippen molar-refractivity contribution in [1.29, 1.82) is 0 Å². The first-order valence-corrected chi connectivity index (χ1v) is 6.61. The van der Waals surface area contributed by atoms with Gasteiger partial charge >= 0.3 is 0 Å². The fourth-order valence-corrected chi connectivity index (χ4v) is 1.84. The summed E-state index contributed by atoms with van der Waals surface area (Å²) in [6, 6.07) is 13.6. The third kappa shape index (κ3) is 3.85. The number of aryl methyl sites for hydroxylation is 3. The first-order chi connectivity index (χ1) is 9.54. The van der Waals surface area contributed by atoms with Crippen LogP contribution in [-0.2, 0) is 4.79 Å². The highest BCUT2D eigenvalue weighted by molar-refractivity contribution is 5.91. The first-order valence-electron chi connectivity index (χ1n) is 6.61. The van der Waals surface area contributed by atoms with Crippen LogP contribution in [0, 0.1) is 20.8 Å². The van der Waals surface area contributed by atoms with Crippen molar-refractivity contribution in [3.63, 3.8) is 0 Å². The Bertz CT molecular complexity index is 603. The molecule has 104 valence electrons. The van der Waals surface area contributed by atoms with Crippen molar-refractivity contribution in [2.24, 2.45) is 0 Å². The summed E-state index contributed by atoms with van der Waals surface area (Å²) in [5.41, 5.74) is 4.09. The van der Waals surface area contributed by atoms with Gasteiger partial charge < -0.3 is 10.1 Å². The monoisotopic (exact) mass is 269 g/mol. The predicted molar refractivity (Wildman–Crippen MR) is 81.2 cm³/mol. The number of hydrogen-bond donors (Lipinski definition) is 1. The van der Waals surface area contributed by atoms with Gasteiger partial charge in [-0.1, -0.05) is 29.8 Å². The van der Waals surface area contributed by atoms with E-state index < -0.39 is 0 Å². The third-order valence-electron chi connectivity index (χ3n) is 3.04. The molecule has 0 aliphatic carbocycles. The van der Waals surface area contributed by atoms with Crippen molar-refractivity contribution in [3.05, 3.63) is 59.2 Å². The molecule has 1 N–H and O–H groups in total. The van der Waals surface area contributed by atoms with E-state index in [0.29, 0.717) is 0 Å². The minimum atomic E-state index is -0.158. The van der Waals surface area contributed by atoms with Crippen LogP contribution in [0.1, 0.15) is 16.7 Å². The number of benzene rings is 2. The van der Waals surface area contributed by atoms with Crippen LogP contribution >= 0.6 is 0 Å². The maximum absolute atomic E-state index is 11.8. The van der Waals surface area contributed by atoms with Gasteiger partial charge in [-0.25, -0.2) is 0 Å². The van der Waals surface area contributed by atoms with Gasteiger partial charge in [0.2, 0.25) is 0 Å². The normalized spacial score (nSPS) is 10.2. The number of anilines is 1. The van der Waals surface area contributed by atoms with Gasteiger partial charge in [0.1, 0.15) is 5.75 Å². The minimum Gasteiger partial charge on any atom is -0.483 e. The molecule has 1 amide bonds. The summed E-state index contributed by atoms with van der Waals surface area (Å²) in [7, 11) is 0. The highest BCUT2D eigenvalue weighted by atomic mass is 16.5. The Morgan fingerprint density at radius 1 is 1.00 bits per heavy atom. The van der Waals surface area contributed by atoms with Gasteiger partial charge in [-0.3, -0.25) is 4.79 Å². The highest BCUT2D eigenvalue weighted by Gasteiger charge is 2.05. The summed E-state index contributed by atoms with van der Waals surface area (Å²) in [6.45, 7) is 5.98. The van der Waals surface area contributed by atoms with E-state index in [9.17, 15) is 4.79 Å². The van der Waals surface area contributed by atoms with Crippen molar-refractivity contribution in [2.45, 2.75) is 20.8 Å². The van der Waals surface area contributed by atoms with Gasteiger partial charge in [0.25, 0.3) is 5.91 Å². The summed E-state index contributed by atoms with van der Waals surface area (Å²) in [5, 5.41) is 2.81. The Labute approximate surface area is 119 Å². The van der Waals surface area contributed by atoms with E-state index in [4.69, 9.17) is 4.74 Å². The van der Waals surface area contributed by atoms with E-state index in [1.54, 1.807) is 0 Å². The Morgan fingerprint density at radius 2 is 1.65 bits per heavy atom. The summed E-state index contributed by atoms with van der Waals surface area (Å²) < 4.78 is 5.56. The van der Waals surface area contributed by atoms with Crippen molar-refractivity contribution >= 4 is 11.6 Å². The fourth-order valence-electron chi connectivity index (χ4n) is 1.84. The second-order valence-corrected chi connectivity index (χ2v) is 4.97. The third-order valence-corrected chi connectivity index (χ3v) is 3.04. The van der Waals surface area contributed by atoms with Crippen molar-refractivity contribution in [1.82, 2.24) is 0 Å². The maximum Gasteiger partial charge on any atom is 0.262 e. The molecule has 0 fully saturated rings. The number of amides is 1.